The summed E-state index contributed by atoms with van der Waals surface area (Å²) in [6.45, 7) is 2.32. The summed E-state index contributed by atoms with van der Waals surface area (Å²) >= 11 is 6.22. The number of benzene rings is 2. The van der Waals surface area contributed by atoms with Crippen LogP contribution in [0.15, 0.2) is 36.4 Å². The molecule has 0 unspecified atom stereocenters. The van der Waals surface area contributed by atoms with Gasteiger partial charge in [-0.05, 0) is 30.2 Å². The number of nitrogens with one attached hydrogen (secondary N) is 1. The number of methoxy groups -OCH3 is 2. The van der Waals surface area contributed by atoms with Crippen LogP contribution in [0.1, 0.15) is 18.9 Å². The predicted molar refractivity (Wildman–Crippen MR) is 109 cm³/mol. The van der Waals surface area contributed by atoms with E-state index in [-0.39, 0.29) is 24.8 Å². The minimum absolute atomic E-state index is 0.131. The lowest BCUT2D eigenvalue weighted by Gasteiger charge is -2.21. The number of ether oxygens (including phenoxy) is 2. The molecule has 1 aliphatic heterocycles. The number of rotatable bonds is 6. The number of nitrogens with zero attached hydrogens (tertiary/aromatic N) is 1. The van der Waals surface area contributed by atoms with Crippen molar-refractivity contribution in [1.29, 1.82) is 0 Å². The number of amides is 2. The molecule has 2 aromatic rings. The van der Waals surface area contributed by atoms with Crippen molar-refractivity contribution in [3.05, 3.63) is 47.0 Å². The van der Waals surface area contributed by atoms with Crippen LogP contribution in [0.2, 0.25) is 5.02 Å². The van der Waals surface area contributed by atoms with Gasteiger partial charge < -0.3 is 19.7 Å². The van der Waals surface area contributed by atoms with E-state index in [1.165, 1.54) is 19.1 Å². The summed E-state index contributed by atoms with van der Waals surface area (Å²) in [5.74, 6) is 0.137. The molecular weight excluding hydrogens is 380 g/mol. The third-order valence-electron chi connectivity index (χ3n) is 4.84. The van der Waals surface area contributed by atoms with E-state index < -0.39 is 5.92 Å². The molecule has 3 rings (SSSR count). The first-order valence-electron chi connectivity index (χ1n) is 9.08. The summed E-state index contributed by atoms with van der Waals surface area (Å²) in [7, 11) is 3.02. The highest BCUT2D eigenvalue weighted by Crippen LogP contribution is 2.40. The molecule has 0 saturated carbocycles. The van der Waals surface area contributed by atoms with Crippen LogP contribution in [-0.2, 0) is 16.0 Å². The number of hydrogen-bond donors (Lipinski definition) is 1. The molecule has 0 spiro atoms. The molecule has 1 atom stereocenters. The van der Waals surface area contributed by atoms with Crippen LogP contribution >= 0.6 is 11.6 Å². The summed E-state index contributed by atoms with van der Waals surface area (Å²) in [4.78, 5) is 26.8. The van der Waals surface area contributed by atoms with Gasteiger partial charge in [0.1, 0.15) is 11.5 Å². The van der Waals surface area contributed by atoms with Gasteiger partial charge in [0, 0.05) is 24.7 Å². The topological polar surface area (TPSA) is 67.9 Å². The minimum Gasteiger partial charge on any atom is -0.495 e. The number of anilines is 2. The lowest BCUT2D eigenvalue weighted by Crippen LogP contribution is -2.28. The maximum absolute atomic E-state index is 12.7. The van der Waals surface area contributed by atoms with Crippen LogP contribution in [0.3, 0.4) is 0 Å². The second-order valence-electron chi connectivity index (χ2n) is 6.61. The van der Waals surface area contributed by atoms with Crippen molar-refractivity contribution in [2.45, 2.75) is 19.8 Å². The van der Waals surface area contributed by atoms with Gasteiger partial charge in [-0.3, -0.25) is 9.59 Å². The lowest BCUT2D eigenvalue weighted by molar-refractivity contribution is -0.122. The van der Waals surface area contributed by atoms with Crippen molar-refractivity contribution in [3.8, 4) is 11.5 Å². The van der Waals surface area contributed by atoms with Crippen LogP contribution in [0.4, 0.5) is 11.4 Å². The number of aryl methyl sites for hydroxylation is 1. The van der Waals surface area contributed by atoms with E-state index in [9.17, 15) is 9.59 Å². The Balaban J connectivity index is 1.78. The molecule has 1 heterocycles. The Kier molecular flexibility index (Phi) is 6.09. The van der Waals surface area contributed by atoms with Crippen molar-refractivity contribution in [2.75, 3.05) is 31.0 Å². The van der Waals surface area contributed by atoms with E-state index in [0.29, 0.717) is 22.2 Å². The molecule has 7 heteroatoms. The molecule has 1 N–H and O–H groups in total. The molecule has 2 aromatic carbocycles. The normalized spacial score (nSPS) is 16.2. The van der Waals surface area contributed by atoms with Crippen molar-refractivity contribution < 1.29 is 19.1 Å². The van der Waals surface area contributed by atoms with Gasteiger partial charge >= 0.3 is 0 Å². The molecule has 0 bridgehead atoms. The standard InChI is InChI=1S/C21H23ClN2O4/c1-4-13-6-5-7-15(8-13)23-21(26)14-9-20(25)24(12-14)17-10-16(22)18(27-2)11-19(17)28-3/h5-8,10-11,14H,4,9,12H2,1-3H3,(H,23,26)/t14-/m1/s1. The quantitative estimate of drug-likeness (QED) is 0.795. The highest BCUT2D eigenvalue weighted by Gasteiger charge is 2.36. The van der Waals surface area contributed by atoms with Crippen molar-refractivity contribution in [1.82, 2.24) is 0 Å². The summed E-state index contributed by atoms with van der Waals surface area (Å²) in [5.41, 5.74) is 2.40. The van der Waals surface area contributed by atoms with E-state index in [0.717, 1.165) is 17.7 Å². The Hall–Kier alpha value is -2.73. The Morgan fingerprint density at radius 2 is 1.96 bits per heavy atom. The van der Waals surface area contributed by atoms with Crippen LogP contribution in [0.25, 0.3) is 0 Å². The fourth-order valence-electron chi connectivity index (χ4n) is 3.28. The first kappa shape index (κ1) is 20.0. The maximum atomic E-state index is 12.7. The predicted octanol–water partition coefficient (Wildman–Crippen LogP) is 3.91. The van der Waals surface area contributed by atoms with Gasteiger partial charge in [-0.15, -0.1) is 0 Å². The van der Waals surface area contributed by atoms with E-state index in [1.807, 2.05) is 24.3 Å². The zero-order valence-corrected chi connectivity index (χ0v) is 16.9. The van der Waals surface area contributed by atoms with Gasteiger partial charge in [0.2, 0.25) is 11.8 Å². The smallest absolute Gasteiger partial charge is 0.229 e. The van der Waals surface area contributed by atoms with E-state index in [4.69, 9.17) is 21.1 Å². The maximum Gasteiger partial charge on any atom is 0.229 e. The molecule has 0 aliphatic carbocycles. The Morgan fingerprint density at radius 3 is 2.64 bits per heavy atom. The molecule has 28 heavy (non-hydrogen) atoms. The lowest BCUT2D eigenvalue weighted by atomic mass is 10.1. The number of hydrogen-bond acceptors (Lipinski definition) is 4. The fraction of sp³-hybridized carbons (Fsp3) is 0.333. The average molecular weight is 403 g/mol. The van der Waals surface area contributed by atoms with Crippen LogP contribution in [-0.4, -0.2) is 32.6 Å². The third-order valence-corrected chi connectivity index (χ3v) is 5.14. The van der Waals surface area contributed by atoms with Crippen LogP contribution in [0.5, 0.6) is 11.5 Å². The molecular formula is C21H23ClN2O4. The van der Waals surface area contributed by atoms with Gasteiger partial charge in [0.05, 0.1) is 30.8 Å². The second-order valence-corrected chi connectivity index (χ2v) is 7.01. The molecule has 0 aromatic heterocycles. The van der Waals surface area contributed by atoms with Gasteiger partial charge in [0.15, 0.2) is 0 Å². The monoisotopic (exact) mass is 402 g/mol. The molecule has 6 nitrogen and oxygen atoms in total. The first-order chi connectivity index (χ1) is 13.5. The van der Waals surface area contributed by atoms with Crippen molar-refractivity contribution >= 4 is 34.8 Å². The summed E-state index contributed by atoms with van der Waals surface area (Å²) in [6, 6.07) is 11.0. The van der Waals surface area contributed by atoms with Gasteiger partial charge in [0.25, 0.3) is 0 Å². The second kappa shape index (κ2) is 8.52. The first-order valence-corrected chi connectivity index (χ1v) is 9.46. The largest absolute Gasteiger partial charge is 0.495 e. The van der Waals surface area contributed by atoms with Crippen LogP contribution in [0, 0.1) is 5.92 Å². The highest BCUT2D eigenvalue weighted by molar-refractivity contribution is 6.32. The number of carbonyl (C=O) groups excluding carboxylic acids is 2. The van der Waals surface area contributed by atoms with Crippen molar-refractivity contribution in [2.24, 2.45) is 5.92 Å². The highest BCUT2D eigenvalue weighted by atomic mass is 35.5. The van der Waals surface area contributed by atoms with E-state index in [2.05, 4.69) is 12.2 Å². The Bertz CT molecular complexity index is 900. The molecule has 0 radical (unpaired) electrons. The molecule has 148 valence electrons. The molecule has 1 aliphatic rings. The summed E-state index contributed by atoms with van der Waals surface area (Å²) < 4.78 is 10.6. The molecule has 2 amide bonds. The zero-order valence-electron chi connectivity index (χ0n) is 16.1. The van der Waals surface area contributed by atoms with Gasteiger partial charge in [-0.2, -0.15) is 0 Å². The SMILES string of the molecule is CCc1cccc(NC(=O)[C@@H]2CC(=O)N(c3cc(Cl)c(OC)cc3OC)C2)c1. The van der Waals surface area contributed by atoms with Gasteiger partial charge in [-0.25, -0.2) is 0 Å². The Labute approximate surface area is 169 Å². The summed E-state index contributed by atoms with van der Waals surface area (Å²) in [5, 5.41) is 3.28. The van der Waals surface area contributed by atoms with Crippen LogP contribution < -0.4 is 19.7 Å². The van der Waals surface area contributed by atoms with E-state index in [1.54, 1.807) is 12.1 Å². The van der Waals surface area contributed by atoms with Crippen molar-refractivity contribution in [3.63, 3.8) is 0 Å². The minimum atomic E-state index is -0.455. The average Bonchev–Trinajstić information content (AvgIpc) is 3.09. The van der Waals surface area contributed by atoms with E-state index >= 15 is 0 Å². The summed E-state index contributed by atoms with van der Waals surface area (Å²) in [6.07, 6.45) is 1.02. The Morgan fingerprint density at radius 1 is 1.21 bits per heavy atom. The zero-order chi connectivity index (χ0) is 20.3. The number of halogens is 1. The third kappa shape index (κ3) is 4.07. The molecule has 1 saturated heterocycles. The molecule has 1 fully saturated rings. The number of carbonyl (C=O) groups is 2. The van der Waals surface area contributed by atoms with Gasteiger partial charge in [-0.1, -0.05) is 30.7 Å². The fourth-order valence-corrected chi connectivity index (χ4v) is 3.52.